The molecule has 1 saturated heterocycles. The first-order valence-corrected chi connectivity index (χ1v) is 7.77. The highest BCUT2D eigenvalue weighted by Crippen LogP contribution is 2.31. The van der Waals surface area contributed by atoms with Gasteiger partial charge in [-0.25, -0.2) is 4.79 Å². The van der Waals surface area contributed by atoms with Crippen molar-refractivity contribution in [1.29, 1.82) is 0 Å². The van der Waals surface area contributed by atoms with E-state index in [1.165, 1.54) is 0 Å². The highest BCUT2D eigenvalue weighted by Gasteiger charge is 2.48. The second kappa shape index (κ2) is 5.96. The standard InChI is InChI=1S/C18H18N2O4/c1-18(14-9-8-12-5-2-3-6-13(12)11-14)16(23)20(17(24)19-18)10-4-7-15(21)22/h2-3,5-6,8-9,11H,4,7,10H2,1H3,(H,19,24)(H,21,22). The number of nitrogens with zero attached hydrogens (tertiary/aromatic N) is 1. The van der Waals surface area contributed by atoms with Gasteiger partial charge in [0.05, 0.1) is 0 Å². The molecule has 3 amide bonds. The van der Waals surface area contributed by atoms with Gasteiger partial charge in [-0.15, -0.1) is 0 Å². The Kier molecular flexibility index (Phi) is 3.97. The summed E-state index contributed by atoms with van der Waals surface area (Å²) in [6.45, 7) is 1.77. The first-order chi connectivity index (χ1) is 11.4. The summed E-state index contributed by atoms with van der Waals surface area (Å²) in [5.41, 5.74) is -0.426. The molecule has 6 heteroatoms. The molecule has 2 aromatic carbocycles. The molecule has 1 unspecified atom stereocenters. The van der Waals surface area contributed by atoms with Crippen LogP contribution in [0.1, 0.15) is 25.3 Å². The summed E-state index contributed by atoms with van der Waals surface area (Å²) in [6.07, 6.45) is 0.159. The van der Waals surface area contributed by atoms with Gasteiger partial charge in [0, 0.05) is 13.0 Å². The van der Waals surface area contributed by atoms with Crippen LogP contribution in [0, 0.1) is 0 Å². The first-order valence-electron chi connectivity index (χ1n) is 7.77. The van der Waals surface area contributed by atoms with Crippen LogP contribution in [0.4, 0.5) is 4.79 Å². The Morgan fingerprint density at radius 2 is 1.88 bits per heavy atom. The molecule has 1 aliphatic heterocycles. The van der Waals surface area contributed by atoms with Gasteiger partial charge in [-0.3, -0.25) is 14.5 Å². The number of fused-ring (bicyclic) bond motifs is 1. The average Bonchev–Trinajstić information content (AvgIpc) is 2.78. The predicted octanol–water partition coefficient (Wildman–Crippen LogP) is 2.47. The molecule has 124 valence electrons. The highest BCUT2D eigenvalue weighted by molar-refractivity contribution is 6.07. The van der Waals surface area contributed by atoms with E-state index in [-0.39, 0.29) is 25.3 Å². The molecule has 6 nitrogen and oxygen atoms in total. The Hall–Kier alpha value is -2.89. The van der Waals surface area contributed by atoms with Gasteiger partial charge in [-0.2, -0.15) is 0 Å². The molecule has 2 N–H and O–H groups in total. The van der Waals surface area contributed by atoms with Crippen molar-refractivity contribution in [2.45, 2.75) is 25.3 Å². The van der Waals surface area contributed by atoms with Gasteiger partial charge in [0.25, 0.3) is 5.91 Å². The molecule has 0 radical (unpaired) electrons. The maximum absolute atomic E-state index is 12.7. The molecule has 0 saturated carbocycles. The summed E-state index contributed by atoms with van der Waals surface area (Å²) in [4.78, 5) is 36.6. The van der Waals surface area contributed by atoms with Gasteiger partial charge in [0.15, 0.2) is 0 Å². The van der Waals surface area contributed by atoms with Gasteiger partial charge in [0.1, 0.15) is 5.54 Å². The molecular formula is C18H18N2O4. The number of benzene rings is 2. The number of amides is 3. The zero-order chi connectivity index (χ0) is 17.3. The Morgan fingerprint density at radius 3 is 2.58 bits per heavy atom. The van der Waals surface area contributed by atoms with Crippen LogP contribution in [0.2, 0.25) is 0 Å². The van der Waals surface area contributed by atoms with Crippen LogP contribution in [0.3, 0.4) is 0 Å². The van der Waals surface area contributed by atoms with Gasteiger partial charge < -0.3 is 10.4 Å². The maximum Gasteiger partial charge on any atom is 0.325 e. The Balaban J connectivity index is 1.87. The number of hydrogen-bond acceptors (Lipinski definition) is 3. The van der Waals surface area contributed by atoms with E-state index in [1.807, 2.05) is 42.5 Å². The molecular weight excluding hydrogens is 308 g/mol. The molecule has 0 spiro atoms. The summed E-state index contributed by atoms with van der Waals surface area (Å²) in [5.74, 6) is -1.30. The number of imide groups is 1. The highest BCUT2D eigenvalue weighted by atomic mass is 16.4. The number of aliphatic carboxylic acids is 1. The molecule has 3 rings (SSSR count). The topological polar surface area (TPSA) is 86.7 Å². The van der Waals surface area contributed by atoms with Crippen LogP contribution in [0.15, 0.2) is 42.5 Å². The van der Waals surface area contributed by atoms with Crippen molar-refractivity contribution < 1.29 is 19.5 Å². The molecule has 0 aromatic heterocycles. The van der Waals surface area contributed by atoms with Crippen molar-refractivity contribution in [1.82, 2.24) is 10.2 Å². The van der Waals surface area contributed by atoms with Crippen molar-refractivity contribution in [3.8, 4) is 0 Å². The second-order valence-corrected chi connectivity index (χ2v) is 6.07. The van der Waals surface area contributed by atoms with E-state index in [4.69, 9.17) is 5.11 Å². The van der Waals surface area contributed by atoms with E-state index in [0.29, 0.717) is 5.56 Å². The minimum absolute atomic E-state index is 0.0796. The third-order valence-corrected chi connectivity index (χ3v) is 4.37. The number of rotatable bonds is 5. The summed E-state index contributed by atoms with van der Waals surface area (Å²) in [7, 11) is 0. The zero-order valence-electron chi connectivity index (χ0n) is 13.3. The van der Waals surface area contributed by atoms with Gasteiger partial charge in [0.2, 0.25) is 0 Å². The van der Waals surface area contributed by atoms with Crippen LogP contribution < -0.4 is 5.32 Å². The minimum Gasteiger partial charge on any atom is -0.481 e. The lowest BCUT2D eigenvalue weighted by atomic mass is 9.90. The van der Waals surface area contributed by atoms with Crippen LogP contribution >= 0.6 is 0 Å². The minimum atomic E-state index is -1.13. The third-order valence-electron chi connectivity index (χ3n) is 4.37. The fourth-order valence-corrected chi connectivity index (χ4v) is 2.98. The number of carboxylic acid groups (broad SMARTS) is 1. The van der Waals surface area contributed by atoms with Crippen LogP contribution in [0.25, 0.3) is 10.8 Å². The van der Waals surface area contributed by atoms with Crippen LogP contribution in [0.5, 0.6) is 0 Å². The number of urea groups is 1. The van der Waals surface area contributed by atoms with Gasteiger partial charge in [-0.05, 0) is 35.7 Å². The van der Waals surface area contributed by atoms with Crippen LogP contribution in [-0.2, 0) is 15.1 Å². The average molecular weight is 326 g/mol. The smallest absolute Gasteiger partial charge is 0.325 e. The molecule has 24 heavy (non-hydrogen) atoms. The number of nitrogens with one attached hydrogen (secondary N) is 1. The van der Waals surface area contributed by atoms with Crippen molar-refractivity contribution in [3.63, 3.8) is 0 Å². The van der Waals surface area contributed by atoms with E-state index >= 15 is 0 Å². The van der Waals surface area contributed by atoms with Crippen LogP contribution in [-0.4, -0.2) is 34.5 Å². The summed E-state index contributed by atoms with van der Waals surface area (Å²) >= 11 is 0. The fraction of sp³-hybridized carbons (Fsp3) is 0.278. The number of carbonyl (C=O) groups is 3. The monoisotopic (exact) mass is 326 g/mol. The summed E-state index contributed by atoms with van der Waals surface area (Å²) in [6, 6.07) is 13.0. The lowest BCUT2D eigenvalue weighted by molar-refractivity contribution is -0.138. The number of carboxylic acids is 1. The maximum atomic E-state index is 12.7. The third kappa shape index (κ3) is 2.71. The number of carbonyl (C=O) groups excluding carboxylic acids is 2. The lowest BCUT2D eigenvalue weighted by Crippen LogP contribution is -2.41. The second-order valence-electron chi connectivity index (χ2n) is 6.07. The van der Waals surface area contributed by atoms with Gasteiger partial charge >= 0.3 is 12.0 Å². The molecule has 0 bridgehead atoms. The van der Waals surface area contributed by atoms with E-state index < -0.39 is 17.5 Å². The molecule has 1 heterocycles. The quantitative estimate of drug-likeness (QED) is 0.826. The molecule has 1 aliphatic rings. The predicted molar refractivity (Wildman–Crippen MR) is 88.4 cm³/mol. The van der Waals surface area contributed by atoms with Crippen molar-refractivity contribution in [2.75, 3.05) is 6.54 Å². The summed E-state index contributed by atoms with van der Waals surface area (Å²) in [5, 5.41) is 13.5. The molecule has 1 fully saturated rings. The zero-order valence-corrected chi connectivity index (χ0v) is 13.3. The van der Waals surface area contributed by atoms with E-state index in [0.717, 1.165) is 15.7 Å². The Labute approximate surface area is 139 Å². The van der Waals surface area contributed by atoms with Crippen molar-refractivity contribution >= 4 is 28.7 Å². The molecule has 2 aromatic rings. The van der Waals surface area contributed by atoms with Crippen molar-refractivity contribution in [3.05, 3.63) is 48.0 Å². The molecule has 0 aliphatic carbocycles. The Morgan fingerprint density at radius 1 is 1.17 bits per heavy atom. The van der Waals surface area contributed by atoms with E-state index in [9.17, 15) is 14.4 Å². The normalized spacial score (nSPS) is 20.5. The van der Waals surface area contributed by atoms with E-state index in [2.05, 4.69) is 5.32 Å². The SMILES string of the molecule is CC1(c2ccc3ccccc3c2)NC(=O)N(CCCC(=O)O)C1=O. The van der Waals surface area contributed by atoms with E-state index in [1.54, 1.807) is 6.92 Å². The Bertz CT molecular complexity index is 833. The summed E-state index contributed by atoms with van der Waals surface area (Å²) < 4.78 is 0. The molecule has 1 atom stereocenters. The van der Waals surface area contributed by atoms with Crippen molar-refractivity contribution in [2.24, 2.45) is 0 Å². The largest absolute Gasteiger partial charge is 0.481 e. The fourth-order valence-electron chi connectivity index (χ4n) is 2.98. The van der Waals surface area contributed by atoms with Gasteiger partial charge in [-0.1, -0.05) is 36.4 Å². The lowest BCUT2D eigenvalue weighted by Gasteiger charge is -2.22. The first kappa shape index (κ1) is 16.0. The number of hydrogen-bond donors (Lipinski definition) is 2.